The first-order valence-electron chi connectivity index (χ1n) is 5.30. The maximum Gasteiger partial charge on any atom is 0.247 e. The van der Waals surface area contributed by atoms with Gasteiger partial charge in [-0.2, -0.15) is 5.10 Å². The Morgan fingerprint density at radius 2 is 2.39 bits per heavy atom. The molecule has 1 amide bonds. The molecule has 2 heterocycles. The average molecular weight is 246 g/mol. The van der Waals surface area contributed by atoms with Gasteiger partial charge in [0.15, 0.2) is 11.5 Å². The Kier molecular flexibility index (Phi) is 2.88. The minimum absolute atomic E-state index is 0.305. The third kappa shape index (κ3) is 2.10. The zero-order valence-corrected chi connectivity index (χ0v) is 10.2. The van der Waals surface area contributed by atoms with Crippen molar-refractivity contribution in [1.82, 2.24) is 19.7 Å². The number of nitrogens with one attached hydrogen (secondary N) is 2. The van der Waals surface area contributed by atoms with Gasteiger partial charge in [-0.15, -0.1) is 0 Å². The molecule has 0 saturated heterocycles. The second-order valence-corrected chi connectivity index (χ2v) is 3.84. The van der Waals surface area contributed by atoms with Gasteiger partial charge in [0.1, 0.15) is 5.82 Å². The third-order valence-electron chi connectivity index (χ3n) is 2.42. The highest BCUT2D eigenvalue weighted by Gasteiger charge is 2.15. The van der Waals surface area contributed by atoms with Crippen LogP contribution in [-0.4, -0.2) is 25.7 Å². The molecule has 2 rings (SSSR count). The van der Waals surface area contributed by atoms with E-state index in [1.807, 2.05) is 0 Å². The van der Waals surface area contributed by atoms with Crippen LogP contribution in [0.3, 0.4) is 0 Å². The summed E-state index contributed by atoms with van der Waals surface area (Å²) in [6, 6.07) is 0. The summed E-state index contributed by atoms with van der Waals surface area (Å²) in [6.07, 6.45) is 2.88. The van der Waals surface area contributed by atoms with Crippen LogP contribution in [0.5, 0.6) is 0 Å². The number of hydrogen-bond acceptors (Lipinski definition) is 4. The summed E-state index contributed by atoms with van der Waals surface area (Å²) in [5.41, 5.74) is 7.48. The number of aromatic nitrogens is 4. The molecule has 94 valence electrons. The van der Waals surface area contributed by atoms with Gasteiger partial charge in [-0.25, -0.2) is 4.98 Å². The lowest BCUT2D eigenvalue weighted by atomic mass is 10.3. The molecule has 0 aliphatic rings. The van der Waals surface area contributed by atoms with E-state index in [9.17, 15) is 4.79 Å². The van der Waals surface area contributed by atoms with Gasteiger partial charge in [0.2, 0.25) is 5.91 Å². The van der Waals surface area contributed by atoms with Gasteiger partial charge in [0.25, 0.3) is 0 Å². The van der Waals surface area contributed by atoms with Crippen LogP contribution in [0.2, 0.25) is 0 Å². The van der Waals surface area contributed by atoms with Gasteiger partial charge < -0.3 is 16.0 Å². The molecular weight excluding hydrogens is 232 g/mol. The number of nitrogen functional groups attached to an aromatic ring is 1. The number of imidazole rings is 1. The summed E-state index contributed by atoms with van der Waals surface area (Å²) in [5.74, 6) is 0.696. The van der Waals surface area contributed by atoms with Gasteiger partial charge in [-0.05, 0) is 13.0 Å². The highest BCUT2D eigenvalue weighted by Crippen LogP contribution is 2.25. The van der Waals surface area contributed by atoms with Gasteiger partial charge in [0.05, 0.1) is 11.4 Å². The second-order valence-electron chi connectivity index (χ2n) is 3.84. The van der Waals surface area contributed by atoms with Crippen LogP contribution < -0.4 is 11.1 Å². The van der Waals surface area contributed by atoms with Crippen molar-refractivity contribution in [2.45, 2.75) is 6.92 Å². The smallest absolute Gasteiger partial charge is 0.247 e. The zero-order valence-electron chi connectivity index (χ0n) is 10.2. The SMILES string of the molecule is C=CC(=O)Nc1cn(C)nc1-c1nc(C)c(N)[nH]1. The maximum atomic E-state index is 11.3. The maximum absolute atomic E-state index is 11.3. The van der Waals surface area contributed by atoms with Crippen molar-refractivity contribution >= 4 is 17.4 Å². The minimum Gasteiger partial charge on any atom is -0.384 e. The summed E-state index contributed by atoms with van der Waals surface area (Å²) in [4.78, 5) is 18.5. The van der Waals surface area contributed by atoms with Crippen LogP contribution in [0.25, 0.3) is 11.5 Å². The fourth-order valence-corrected chi connectivity index (χ4v) is 1.52. The first kappa shape index (κ1) is 11.9. The lowest BCUT2D eigenvalue weighted by molar-refractivity contribution is -0.111. The van der Waals surface area contributed by atoms with E-state index in [1.165, 1.54) is 6.08 Å². The molecule has 0 aliphatic heterocycles. The van der Waals surface area contributed by atoms with E-state index in [2.05, 4.69) is 27.0 Å². The van der Waals surface area contributed by atoms with Crippen LogP contribution in [0, 0.1) is 6.92 Å². The van der Waals surface area contributed by atoms with Crippen molar-refractivity contribution in [2.75, 3.05) is 11.1 Å². The molecule has 2 aromatic rings. The van der Waals surface area contributed by atoms with Gasteiger partial charge >= 0.3 is 0 Å². The molecule has 0 spiro atoms. The highest BCUT2D eigenvalue weighted by molar-refractivity contribution is 6.00. The molecule has 0 atom stereocenters. The number of carbonyl (C=O) groups excluding carboxylic acids is 1. The van der Waals surface area contributed by atoms with Gasteiger partial charge in [0, 0.05) is 13.2 Å². The Labute approximate surface area is 104 Å². The fourth-order valence-electron chi connectivity index (χ4n) is 1.52. The topological polar surface area (TPSA) is 102 Å². The number of rotatable bonds is 3. The number of nitrogens with two attached hydrogens (primary N) is 1. The quantitative estimate of drug-likeness (QED) is 0.698. The molecule has 0 saturated carbocycles. The number of amides is 1. The first-order valence-corrected chi connectivity index (χ1v) is 5.30. The molecule has 0 aromatic carbocycles. The van der Waals surface area contributed by atoms with Crippen molar-refractivity contribution in [3.05, 3.63) is 24.5 Å². The molecule has 4 N–H and O–H groups in total. The Morgan fingerprint density at radius 1 is 1.67 bits per heavy atom. The fraction of sp³-hybridized carbons (Fsp3) is 0.182. The highest BCUT2D eigenvalue weighted by atomic mass is 16.1. The first-order chi connectivity index (χ1) is 8.51. The summed E-state index contributed by atoms with van der Waals surface area (Å²) >= 11 is 0. The Bertz CT molecular complexity index is 590. The van der Waals surface area contributed by atoms with Crippen LogP contribution in [0.1, 0.15) is 5.69 Å². The van der Waals surface area contributed by atoms with E-state index in [1.54, 1.807) is 24.9 Å². The number of aromatic amines is 1. The average Bonchev–Trinajstić information content (AvgIpc) is 2.83. The lowest BCUT2D eigenvalue weighted by Gasteiger charge is -1.99. The summed E-state index contributed by atoms with van der Waals surface area (Å²) in [7, 11) is 1.76. The molecule has 0 aliphatic carbocycles. The summed E-state index contributed by atoms with van der Waals surface area (Å²) in [5, 5.41) is 6.91. The molecule has 7 nitrogen and oxygen atoms in total. The van der Waals surface area contributed by atoms with Crippen molar-refractivity contribution in [2.24, 2.45) is 7.05 Å². The molecular formula is C11H14N6O. The van der Waals surface area contributed by atoms with Crippen molar-refractivity contribution in [3.63, 3.8) is 0 Å². The molecule has 7 heteroatoms. The van der Waals surface area contributed by atoms with Crippen LogP contribution in [-0.2, 0) is 11.8 Å². The number of carbonyl (C=O) groups is 1. The van der Waals surface area contributed by atoms with Crippen LogP contribution in [0.4, 0.5) is 11.5 Å². The molecule has 0 unspecified atom stereocenters. The second kappa shape index (κ2) is 4.36. The molecule has 2 aromatic heterocycles. The third-order valence-corrected chi connectivity index (χ3v) is 2.42. The lowest BCUT2D eigenvalue weighted by Crippen LogP contribution is -2.07. The van der Waals surface area contributed by atoms with Gasteiger partial charge in [-0.1, -0.05) is 6.58 Å². The van der Waals surface area contributed by atoms with E-state index in [0.717, 1.165) is 0 Å². The largest absolute Gasteiger partial charge is 0.384 e. The summed E-state index contributed by atoms with van der Waals surface area (Å²) in [6.45, 7) is 5.19. The zero-order chi connectivity index (χ0) is 13.3. The van der Waals surface area contributed by atoms with E-state index in [0.29, 0.717) is 28.7 Å². The molecule has 0 fully saturated rings. The predicted molar refractivity (Wildman–Crippen MR) is 68.8 cm³/mol. The monoisotopic (exact) mass is 246 g/mol. The normalized spacial score (nSPS) is 10.3. The van der Waals surface area contributed by atoms with E-state index in [-0.39, 0.29) is 5.91 Å². The molecule has 0 radical (unpaired) electrons. The van der Waals surface area contributed by atoms with Crippen molar-refractivity contribution < 1.29 is 4.79 Å². The predicted octanol–water partition coefficient (Wildman–Crippen LogP) is 0.825. The summed E-state index contributed by atoms with van der Waals surface area (Å²) < 4.78 is 1.59. The molecule has 0 bridgehead atoms. The van der Waals surface area contributed by atoms with Crippen molar-refractivity contribution in [1.29, 1.82) is 0 Å². The standard InChI is InChI=1S/C11H14N6O/c1-4-8(18)14-7-5-17(3)16-9(7)11-13-6(2)10(12)15-11/h4-5H,1,12H2,2-3H3,(H,13,15)(H,14,18). The van der Waals surface area contributed by atoms with E-state index < -0.39 is 0 Å². The molecule has 18 heavy (non-hydrogen) atoms. The van der Waals surface area contributed by atoms with Gasteiger partial charge in [-0.3, -0.25) is 9.48 Å². The van der Waals surface area contributed by atoms with Crippen molar-refractivity contribution in [3.8, 4) is 11.5 Å². The minimum atomic E-state index is -0.305. The Morgan fingerprint density at radius 3 is 2.94 bits per heavy atom. The number of H-pyrrole nitrogens is 1. The van der Waals surface area contributed by atoms with Crippen LogP contribution >= 0.6 is 0 Å². The van der Waals surface area contributed by atoms with Crippen LogP contribution in [0.15, 0.2) is 18.9 Å². The number of hydrogen-bond donors (Lipinski definition) is 3. The number of nitrogens with zero attached hydrogens (tertiary/aromatic N) is 3. The number of anilines is 2. The number of aryl methyl sites for hydroxylation is 2. The Hall–Kier alpha value is -2.57. The van der Waals surface area contributed by atoms with E-state index in [4.69, 9.17) is 5.73 Å². The Balaban J connectivity index is 2.43. The van der Waals surface area contributed by atoms with E-state index >= 15 is 0 Å².